The highest BCUT2D eigenvalue weighted by atomic mass is 16.2. The number of aromatic nitrogens is 2. The van der Waals surface area contributed by atoms with Crippen LogP contribution in [0.25, 0.3) is 11.0 Å². The molecule has 3 aromatic rings. The van der Waals surface area contributed by atoms with E-state index < -0.39 is 0 Å². The highest BCUT2D eigenvalue weighted by Crippen LogP contribution is 2.32. The molecule has 1 aliphatic heterocycles. The standard InChI is InChI=1S/C19H19N3O/c1-12-7-13(2)9-15(8-12)22-11-14(10-18(22)23)19-20-16-5-3-4-6-17(16)21-19/h3-9,14H,10-11H2,1-2H3,(H,20,21). The highest BCUT2D eigenvalue weighted by molar-refractivity contribution is 5.96. The van der Waals surface area contributed by atoms with Gasteiger partial charge >= 0.3 is 0 Å². The van der Waals surface area contributed by atoms with Crippen molar-refractivity contribution in [1.29, 1.82) is 0 Å². The second kappa shape index (κ2) is 5.23. The van der Waals surface area contributed by atoms with Gasteiger partial charge < -0.3 is 9.88 Å². The number of hydrogen-bond acceptors (Lipinski definition) is 2. The first-order chi connectivity index (χ1) is 11.1. The van der Waals surface area contributed by atoms with Crippen LogP contribution in [0.4, 0.5) is 5.69 Å². The van der Waals surface area contributed by atoms with E-state index in [9.17, 15) is 4.79 Å². The van der Waals surface area contributed by atoms with E-state index in [1.165, 1.54) is 11.1 Å². The van der Waals surface area contributed by atoms with E-state index in [1.54, 1.807) is 0 Å². The molecular formula is C19H19N3O. The molecule has 4 rings (SSSR count). The van der Waals surface area contributed by atoms with Gasteiger partial charge in [-0.3, -0.25) is 4.79 Å². The molecule has 1 aliphatic rings. The van der Waals surface area contributed by atoms with Gasteiger partial charge in [-0.05, 0) is 49.2 Å². The van der Waals surface area contributed by atoms with Crippen LogP contribution < -0.4 is 4.90 Å². The minimum atomic E-state index is 0.121. The van der Waals surface area contributed by atoms with E-state index >= 15 is 0 Å². The maximum absolute atomic E-state index is 12.5. The summed E-state index contributed by atoms with van der Waals surface area (Å²) < 4.78 is 0. The summed E-state index contributed by atoms with van der Waals surface area (Å²) in [6.07, 6.45) is 0.507. The number of carbonyl (C=O) groups excluding carboxylic acids is 1. The number of fused-ring (bicyclic) bond motifs is 1. The van der Waals surface area contributed by atoms with Gasteiger partial charge in [-0.25, -0.2) is 4.98 Å². The molecule has 1 aromatic heterocycles. The minimum absolute atomic E-state index is 0.121. The van der Waals surface area contributed by atoms with Crippen LogP contribution in [0.1, 0.15) is 29.3 Å². The molecule has 0 spiro atoms. The van der Waals surface area contributed by atoms with Crippen molar-refractivity contribution in [1.82, 2.24) is 9.97 Å². The van der Waals surface area contributed by atoms with Gasteiger partial charge in [0, 0.05) is 24.6 Å². The number of anilines is 1. The zero-order valence-electron chi connectivity index (χ0n) is 13.3. The molecule has 1 atom stereocenters. The lowest BCUT2D eigenvalue weighted by Crippen LogP contribution is -2.24. The number of nitrogens with zero attached hydrogens (tertiary/aromatic N) is 2. The van der Waals surface area contributed by atoms with Crippen molar-refractivity contribution in [2.75, 3.05) is 11.4 Å². The molecule has 116 valence electrons. The zero-order valence-corrected chi connectivity index (χ0v) is 13.3. The van der Waals surface area contributed by atoms with Gasteiger partial charge in [0.05, 0.1) is 11.0 Å². The Bertz CT molecular complexity index is 843. The Hall–Kier alpha value is -2.62. The molecule has 1 saturated heterocycles. The molecule has 1 N–H and O–H groups in total. The Kier molecular flexibility index (Phi) is 3.18. The topological polar surface area (TPSA) is 49.0 Å². The maximum Gasteiger partial charge on any atom is 0.227 e. The summed E-state index contributed by atoms with van der Waals surface area (Å²) in [7, 11) is 0. The van der Waals surface area contributed by atoms with Crippen LogP contribution >= 0.6 is 0 Å². The van der Waals surface area contributed by atoms with Gasteiger partial charge in [-0.1, -0.05) is 18.2 Å². The summed E-state index contributed by atoms with van der Waals surface area (Å²) in [5.41, 5.74) is 5.34. The number of para-hydroxylation sites is 2. The zero-order chi connectivity index (χ0) is 16.0. The average Bonchev–Trinajstić information content (AvgIpc) is 3.09. The van der Waals surface area contributed by atoms with Crippen molar-refractivity contribution < 1.29 is 4.79 Å². The lowest BCUT2D eigenvalue weighted by atomic mass is 10.1. The Morgan fingerprint density at radius 1 is 1.13 bits per heavy atom. The van der Waals surface area contributed by atoms with E-state index in [-0.39, 0.29) is 11.8 Å². The van der Waals surface area contributed by atoms with E-state index in [2.05, 4.69) is 42.0 Å². The Labute approximate surface area is 135 Å². The molecule has 1 fully saturated rings. The minimum Gasteiger partial charge on any atom is -0.342 e. The normalized spacial score (nSPS) is 18.1. The Balaban J connectivity index is 1.65. The monoisotopic (exact) mass is 305 g/mol. The molecule has 4 heteroatoms. The molecule has 2 heterocycles. The van der Waals surface area contributed by atoms with Crippen molar-refractivity contribution in [2.24, 2.45) is 0 Å². The van der Waals surface area contributed by atoms with Gasteiger partial charge in [0.1, 0.15) is 5.82 Å². The summed E-state index contributed by atoms with van der Waals surface area (Å²) in [6, 6.07) is 14.3. The van der Waals surface area contributed by atoms with Crippen LogP contribution in [0.2, 0.25) is 0 Å². The maximum atomic E-state index is 12.5. The number of aromatic amines is 1. The quantitative estimate of drug-likeness (QED) is 0.785. The average molecular weight is 305 g/mol. The van der Waals surface area contributed by atoms with Crippen LogP contribution in [-0.2, 0) is 4.79 Å². The van der Waals surface area contributed by atoms with Crippen molar-refractivity contribution in [3.05, 3.63) is 59.4 Å². The van der Waals surface area contributed by atoms with Crippen LogP contribution in [-0.4, -0.2) is 22.4 Å². The molecule has 4 nitrogen and oxygen atoms in total. The van der Waals surface area contributed by atoms with Gasteiger partial charge in [0.25, 0.3) is 0 Å². The van der Waals surface area contributed by atoms with Gasteiger partial charge in [-0.15, -0.1) is 0 Å². The molecule has 0 bridgehead atoms. The second-order valence-corrected chi connectivity index (χ2v) is 6.39. The Morgan fingerprint density at radius 3 is 2.61 bits per heavy atom. The largest absolute Gasteiger partial charge is 0.342 e. The predicted molar refractivity (Wildman–Crippen MR) is 91.7 cm³/mol. The summed E-state index contributed by atoms with van der Waals surface area (Å²) >= 11 is 0. The smallest absolute Gasteiger partial charge is 0.227 e. The Morgan fingerprint density at radius 2 is 1.87 bits per heavy atom. The van der Waals surface area contributed by atoms with Crippen molar-refractivity contribution in [3.63, 3.8) is 0 Å². The molecular weight excluding hydrogens is 286 g/mol. The first-order valence-electron chi connectivity index (χ1n) is 7.93. The molecule has 1 unspecified atom stereocenters. The number of imidazole rings is 1. The second-order valence-electron chi connectivity index (χ2n) is 6.39. The number of nitrogens with one attached hydrogen (secondary N) is 1. The molecule has 2 aromatic carbocycles. The third kappa shape index (κ3) is 2.50. The van der Waals surface area contributed by atoms with Crippen LogP contribution in [0.15, 0.2) is 42.5 Å². The molecule has 0 aliphatic carbocycles. The van der Waals surface area contributed by atoms with Crippen molar-refractivity contribution in [3.8, 4) is 0 Å². The third-order valence-corrected chi connectivity index (χ3v) is 4.44. The fraction of sp³-hybridized carbons (Fsp3) is 0.263. The van der Waals surface area contributed by atoms with E-state index in [4.69, 9.17) is 0 Å². The predicted octanol–water partition coefficient (Wildman–Crippen LogP) is 3.70. The van der Waals surface area contributed by atoms with Gasteiger partial charge in [-0.2, -0.15) is 0 Å². The molecule has 1 amide bonds. The van der Waals surface area contributed by atoms with E-state index in [1.807, 2.05) is 29.2 Å². The number of aryl methyl sites for hydroxylation is 2. The van der Waals surface area contributed by atoms with Crippen molar-refractivity contribution >= 4 is 22.6 Å². The number of benzene rings is 2. The first-order valence-corrected chi connectivity index (χ1v) is 7.93. The summed E-state index contributed by atoms with van der Waals surface area (Å²) in [4.78, 5) is 22.4. The number of hydrogen-bond donors (Lipinski definition) is 1. The van der Waals surface area contributed by atoms with Gasteiger partial charge in [0.2, 0.25) is 5.91 Å². The summed E-state index contributed by atoms with van der Waals surface area (Å²) in [5.74, 6) is 1.20. The molecule has 0 saturated carbocycles. The number of amides is 1. The highest BCUT2D eigenvalue weighted by Gasteiger charge is 2.33. The van der Waals surface area contributed by atoms with Crippen LogP contribution in [0.3, 0.4) is 0 Å². The lowest BCUT2D eigenvalue weighted by Gasteiger charge is -2.17. The van der Waals surface area contributed by atoms with Crippen LogP contribution in [0, 0.1) is 13.8 Å². The fourth-order valence-corrected chi connectivity index (χ4v) is 3.41. The SMILES string of the molecule is Cc1cc(C)cc(N2CC(c3nc4ccccc4[nH]3)CC2=O)c1. The van der Waals surface area contributed by atoms with E-state index in [0.29, 0.717) is 13.0 Å². The summed E-state index contributed by atoms with van der Waals surface area (Å²) in [6.45, 7) is 4.81. The number of rotatable bonds is 2. The fourth-order valence-electron chi connectivity index (χ4n) is 3.41. The summed E-state index contributed by atoms with van der Waals surface area (Å²) in [5, 5.41) is 0. The van der Waals surface area contributed by atoms with Crippen LogP contribution in [0.5, 0.6) is 0 Å². The first kappa shape index (κ1) is 14.0. The molecule has 23 heavy (non-hydrogen) atoms. The molecule has 0 radical (unpaired) electrons. The number of carbonyl (C=O) groups is 1. The lowest BCUT2D eigenvalue weighted by molar-refractivity contribution is -0.117. The van der Waals surface area contributed by atoms with E-state index in [0.717, 1.165) is 22.5 Å². The number of H-pyrrole nitrogens is 1. The third-order valence-electron chi connectivity index (χ3n) is 4.44. The van der Waals surface area contributed by atoms with Crippen molar-refractivity contribution in [2.45, 2.75) is 26.2 Å². The van der Waals surface area contributed by atoms with Gasteiger partial charge in [0.15, 0.2) is 0 Å².